The Balaban J connectivity index is 0.00000392. The summed E-state index contributed by atoms with van der Waals surface area (Å²) in [7, 11) is -1.61. The van der Waals surface area contributed by atoms with E-state index in [1.54, 1.807) is 13.1 Å². The number of hydrogen-bond acceptors (Lipinski definition) is 4. The molecule has 6 nitrogen and oxygen atoms in total. The molecule has 28 heavy (non-hydrogen) atoms. The Hall–Kier alpha value is -0.940. The molecule has 1 aliphatic rings. The minimum absolute atomic E-state index is 0. The van der Waals surface area contributed by atoms with Gasteiger partial charge < -0.3 is 15.4 Å². The molecule has 160 valence electrons. The second-order valence-electron chi connectivity index (χ2n) is 7.74. The summed E-state index contributed by atoms with van der Waals surface area (Å²) in [5.41, 5.74) is 0.551. The molecule has 1 heterocycles. The maximum Gasteiger partial charge on any atom is 0.191 e. The number of nitrogens with one attached hydrogen (secondary N) is 2. The lowest BCUT2D eigenvalue weighted by molar-refractivity contribution is 0.0756. The lowest BCUT2D eigenvalue weighted by Crippen LogP contribution is -2.54. The lowest BCUT2D eigenvalue weighted by atomic mass is 9.84. The summed E-state index contributed by atoms with van der Waals surface area (Å²) in [6.45, 7) is 5.69. The van der Waals surface area contributed by atoms with Crippen molar-refractivity contribution in [1.29, 1.82) is 0 Å². The van der Waals surface area contributed by atoms with Crippen LogP contribution >= 0.6 is 24.0 Å². The number of benzene rings is 1. The Morgan fingerprint density at radius 2 is 1.93 bits per heavy atom. The Morgan fingerprint density at radius 3 is 2.46 bits per heavy atom. The van der Waals surface area contributed by atoms with Crippen molar-refractivity contribution < 1.29 is 17.5 Å². The summed E-state index contributed by atoms with van der Waals surface area (Å²) in [4.78, 5) is 4.19. The van der Waals surface area contributed by atoms with E-state index in [0.29, 0.717) is 38.6 Å². The van der Waals surface area contributed by atoms with E-state index in [0.717, 1.165) is 5.56 Å². The molecular formula is C19H31FIN3O3S. The zero-order chi connectivity index (χ0) is 20.1. The third-order valence-corrected chi connectivity index (χ3v) is 7.42. The van der Waals surface area contributed by atoms with Gasteiger partial charge in [0.15, 0.2) is 15.8 Å². The van der Waals surface area contributed by atoms with E-state index in [9.17, 15) is 12.8 Å². The van der Waals surface area contributed by atoms with Gasteiger partial charge in [-0.1, -0.05) is 26.0 Å². The van der Waals surface area contributed by atoms with Gasteiger partial charge >= 0.3 is 0 Å². The minimum Gasteiger partial charge on any atom is -0.381 e. The van der Waals surface area contributed by atoms with Gasteiger partial charge in [-0.25, -0.2) is 12.8 Å². The number of hydrogen-bond donors (Lipinski definition) is 2. The van der Waals surface area contributed by atoms with Crippen molar-refractivity contribution in [2.45, 2.75) is 36.9 Å². The molecular weight excluding hydrogens is 496 g/mol. The van der Waals surface area contributed by atoms with E-state index in [-0.39, 0.29) is 41.8 Å². The molecule has 0 radical (unpaired) electrons. The quantitative estimate of drug-likeness (QED) is 0.338. The van der Waals surface area contributed by atoms with Crippen molar-refractivity contribution in [3.63, 3.8) is 0 Å². The summed E-state index contributed by atoms with van der Waals surface area (Å²) in [5, 5.41) is 6.38. The first kappa shape index (κ1) is 25.1. The number of sulfone groups is 1. The molecule has 0 aromatic heterocycles. The van der Waals surface area contributed by atoms with E-state index >= 15 is 0 Å². The SMILES string of the molecule is CN=C(NCC(C)(C)c1cccc(F)c1)NCC1(S(C)(=O)=O)CCOCC1.I. The molecule has 0 aliphatic carbocycles. The fourth-order valence-corrected chi connectivity index (χ4v) is 4.45. The zero-order valence-electron chi connectivity index (χ0n) is 16.9. The van der Waals surface area contributed by atoms with Crippen molar-refractivity contribution in [2.24, 2.45) is 4.99 Å². The fraction of sp³-hybridized carbons (Fsp3) is 0.632. The number of rotatable bonds is 6. The van der Waals surface area contributed by atoms with Crippen molar-refractivity contribution in [1.82, 2.24) is 10.6 Å². The third kappa shape index (κ3) is 6.28. The maximum atomic E-state index is 13.5. The van der Waals surface area contributed by atoms with E-state index in [1.165, 1.54) is 18.4 Å². The van der Waals surface area contributed by atoms with Crippen LogP contribution in [0.25, 0.3) is 0 Å². The summed E-state index contributed by atoms with van der Waals surface area (Å²) in [6, 6.07) is 6.53. The van der Waals surface area contributed by atoms with Crippen molar-refractivity contribution in [2.75, 3.05) is 39.6 Å². The average molecular weight is 527 g/mol. The molecule has 1 saturated heterocycles. The van der Waals surface area contributed by atoms with Crippen molar-refractivity contribution >= 4 is 39.8 Å². The van der Waals surface area contributed by atoms with Gasteiger partial charge in [0.05, 0.1) is 4.75 Å². The van der Waals surface area contributed by atoms with Gasteiger partial charge in [-0.3, -0.25) is 4.99 Å². The van der Waals surface area contributed by atoms with Crippen LogP contribution in [-0.2, 0) is 20.0 Å². The van der Waals surface area contributed by atoms with Crippen molar-refractivity contribution in [3.05, 3.63) is 35.6 Å². The summed E-state index contributed by atoms with van der Waals surface area (Å²) >= 11 is 0. The van der Waals surface area contributed by atoms with Gasteiger partial charge in [0.1, 0.15) is 5.82 Å². The highest BCUT2D eigenvalue weighted by Crippen LogP contribution is 2.28. The largest absolute Gasteiger partial charge is 0.381 e. The monoisotopic (exact) mass is 527 g/mol. The molecule has 2 N–H and O–H groups in total. The first-order chi connectivity index (χ1) is 12.6. The molecule has 1 aromatic carbocycles. The second kappa shape index (κ2) is 10.2. The van der Waals surface area contributed by atoms with Crippen molar-refractivity contribution in [3.8, 4) is 0 Å². The first-order valence-electron chi connectivity index (χ1n) is 9.08. The molecule has 0 saturated carbocycles. The summed E-state index contributed by atoms with van der Waals surface area (Å²) in [5.74, 6) is 0.256. The molecule has 0 atom stereocenters. The Morgan fingerprint density at radius 1 is 1.29 bits per heavy atom. The Bertz CT molecular complexity index is 778. The van der Waals surface area contributed by atoms with Crippen LogP contribution in [0.4, 0.5) is 4.39 Å². The molecule has 0 amide bonds. The fourth-order valence-electron chi connectivity index (χ4n) is 3.20. The normalized spacial score (nSPS) is 17.5. The van der Waals surface area contributed by atoms with Crippen LogP contribution in [-0.4, -0.2) is 58.7 Å². The number of halogens is 2. The van der Waals surface area contributed by atoms with E-state index < -0.39 is 14.6 Å². The molecule has 0 unspecified atom stereocenters. The number of guanidine groups is 1. The Kier molecular flexibility index (Phi) is 9.14. The minimum atomic E-state index is -3.25. The van der Waals surface area contributed by atoms with Crippen LogP contribution in [0.3, 0.4) is 0 Å². The van der Waals surface area contributed by atoms with Gasteiger partial charge in [-0.2, -0.15) is 0 Å². The van der Waals surface area contributed by atoms with Crippen LogP contribution in [0.2, 0.25) is 0 Å². The number of aliphatic imine (C=N–C) groups is 1. The van der Waals surface area contributed by atoms with E-state index in [1.807, 2.05) is 19.9 Å². The lowest BCUT2D eigenvalue weighted by Gasteiger charge is -2.36. The number of ether oxygens (including phenoxy) is 1. The molecule has 1 aromatic rings. The second-order valence-corrected chi connectivity index (χ2v) is 10.2. The summed E-state index contributed by atoms with van der Waals surface area (Å²) in [6.07, 6.45) is 2.21. The standard InChI is InChI=1S/C19H30FN3O3S.HI/c1-18(2,15-6-5-7-16(20)12-15)13-22-17(21-3)23-14-19(27(4,24)25)8-10-26-11-9-19;/h5-7,12H,8-11,13-14H2,1-4H3,(H2,21,22,23);1H. The van der Waals surface area contributed by atoms with E-state index in [2.05, 4.69) is 15.6 Å². The van der Waals surface area contributed by atoms with Crippen LogP contribution in [0.5, 0.6) is 0 Å². The van der Waals surface area contributed by atoms with Gasteiger partial charge in [0, 0.05) is 45.0 Å². The summed E-state index contributed by atoms with van der Waals surface area (Å²) < 4.78 is 42.7. The van der Waals surface area contributed by atoms with Crippen LogP contribution < -0.4 is 10.6 Å². The third-order valence-electron chi connectivity index (χ3n) is 5.30. The first-order valence-corrected chi connectivity index (χ1v) is 11.0. The predicted octanol–water partition coefficient (Wildman–Crippen LogP) is 2.48. The van der Waals surface area contributed by atoms with Crippen LogP contribution in [0, 0.1) is 5.82 Å². The highest BCUT2D eigenvalue weighted by molar-refractivity contribution is 14.0. The highest BCUT2D eigenvalue weighted by Gasteiger charge is 2.42. The highest BCUT2D eigenvalue weighted by atomic mass is 127. The van der Waals surface area contributed by atoms with E-state index in [4.69, 9.17) is 4.74 Å². The predicted molar refractivity (Wildman–Crippen MR) is 122 cm³/mol. The average Bonchev–Trinajstić information content (AvgIpc) is 2.61. The molecule has 2 rings (SSSR count). The molecule has 1 aliphatic heterocycles. The van der Waals surface area contributed by atoms with Gasteiger partial charge in [-0.05, 0) is 30.5 Å². The zero-order valence-corrected chi connectivity index (χ0v) is 20.1. The molecule has 0 spiro atoms. The van der Waals surface area contributed by atoms with Gasteiger partial charge in [0.2, 0.25) is 0 Å². The maximum absolute atomic E-state index is 13.5. The topological polar surface area (TPSA) is 79.8 Å². The van der Waals surface area contributed by atoms with Gasteiger partial charge in [-0.15, -0.1) is 24.0 Å². The molecule has 0 bridgehead atoms. The van der Waals surface area contributed by atoms with Crippen LogP contribution in [0.15, 0.2) is 29.3 Å². The number of nitrogens with zero attached hydrogens (tertiary/aromatic N) is 1. The molecule has 9 heteroatoms. The Labute approximate surface area is 184 Å². The van der Waals surface area contributed by atoms with Gasteiger partial charge in [0.25, 0.3) is 0 Å². The smallest absolute Gasteiger partial charge is 0.191 e. The van der Waals surface area contributed by atoms with Crippen LogP contribution in [0.1, 0.15) is 32.3 Å². The molecule has 1 fully saturated rings.